The Balaban J connectivity index is 2.10. The Morgan fingerprint density at radius 1 is 1.25 bits per heavy atom. The Morgan fingerprint density at radius 3 is 2.45 bits per heavy atom. The molecule has 0 amide bonds. The number of rotatable bonds is 3. The zero-order valence-electron chi connectivity index (χ0n) is 13.4. The number of piperazine rings is 1. The highest BCUT2D eigenvalue weighted by Crippen LogP contribution is 2.28. The van der Waals surface area contributed by atoms with Crippen LogP contribution in [0.1, 0.15) is 33.3 Å². The van der Waals surface area contributed by atoms with E-state index in [-0.39, 0.29) is 0 Å². The molecule has 1 N–H and O–H groups in total. The van der Waals surface area contributed by atoms with Crippen LogP contribution < -0.4 is 10.1 Å². The van der Waals surface area contributed by atoms with Crippen LogP contribution in [0.3, 0.4) is 0 Å². The van der Waals surface area contributed by atoms with Gasteiger partial charge in [-0.1, -0.05) is 32.9 Å². The predicted molar refractivity (Wildman–Crippen MR) is 84.1 cm³/mol. The highest BCUT2D eigenvalue weighted by molar-refractivity contribution is 5.27. The Kier molecular flexibility index (Phi) is 4.71. The largest absolute Gasteiger partial charge is 0.497 e. The molecule has 1 aliphatic heterocycles. The Hall–Kier alpha value is -1.06. The normalized spacial score (nSPS) is 24.6. The minimum Gasteiger partial charge on any atom is -0.497 e. The summed E-state index contributed by atoms with van der Waals surface area (Å²) >= 11 is 0. The molecular weight excluding hydrogens is 248 g/mol. The zero-order chi connectivity index (χ0) is 14.8. The molecule has 1 saturated heterocycles. The van der Waals surface area contributed by atoms with Gasteiger partial charge in [0.05, 0.1) is 7.11 Å². The van der Waals surface area contributed by atoms with Gasteiger partial charge in [-0.05, 0) is 30.0 Å². The first-order chi connectivity index (χ1) is 9.40. The van der Waals surface area contributed by atoms with Gasteiger partial charge in [0.2, 0.25) is 0 Å². The molecule has 2 unspecified atom stereocenters. The van der Waals surface area contributed by atoms with E-state index in [1.54, 1.807) is 7.11 Å². The van der Waals surface area contributed by atoms with Crippen LogP contribution in [-0.2, 0) is 6.54 Å². The summed E-state index contributed by atoms with van der Waals surface area (Å²) in [6.45, 7) is 12.4. The van der Waals surface area contributed by atoms with Gasteiger partial charge in [0.15, 0.2) is 0 Å². The second-order valence-corrected chi connectivity index (χ2v) is 6.97. The first-order valence-corrected chi connectivity index (χ1v) is 7.50. The molecule has 1 aromatic rings. The highest BCUT2D eigenvalue weighted by atomic mass is 16.5. The van der Waals surface area contributed by atoms with Crippen molar-refractivity contribution in [3.63, 3.8) is 0 Å². The van der Waals surface area contributed by atoms with E-state index in [0.717, 1.165) is 25.4 Å². The standard InChI is InChI=1S/C17H28N2O/c1-13-11-19(16(10-18-13)17(2,3)4)12-14-6-8-15(20-5)9-7-14/h6-9,13,16,18H,10-12H2,1-5H3. The number of nitrogens with one attached hydrogen (secondary N) is 1. The SMILES string of the molecule is COc1ccc(CN2CC(C)NCC2C(C)(C)C)cc1. The Labute approximate surface area is 123 Å². The number of methoxy groups -OCH3 is 1. The van der Waals surface area contributed by atoms with Gasteiger partial charge in [-0.2, -0.15) is 0 Å². The van der Waals surface area contributed by atoms with E-state index in [4.69, 9.17) is 4.74 Å². The van der Waals surface area contributed by atoms with E-state index < -0.39 is 0 Å². The molecular formula is C17H28N2O. The highest BCUT2D eigenvalue weighted by Gasteiger charge is 2.34. The van der Waals surface area contributed by atoms with Crippen LogP contribution in [0.5, 0.6) is 5.75 Å². The van der Waals surface area contributed by atoms with Crippen LogP contribution >= 0.6 is 0 Å². The van der Waals surface area contributed by atoms with Crippen molar-refractivity contribution < 1.29 is 4.74 Å². The molecule has 1 heterocycles. The summed E-state index contributed by atoms with van der Waals surface area (Å²) in [7, 11) is 1.71. The first-order valence-electron chi connectivity index (χ1n) is 7.50. The molecule has 20 heavy (non-hydrogen) atoms. The van der Waals surface area contributed by atoms with E-state index in [1.165, 1.54) is 5.56 Å². The van der Waals surface area contributed by atoms with Crippen molar-refractivity contribution in [2.45, 2.75) is 46.3 Å². The van der Waals surface area contributed by atoms with Gasteiger partial charge in [0.25, 0.3) is 0 Å². The van der Waals surface area contributed by atoms with Crippen LogP contribution in [0, 0.1) is 5.41 Å². The molecule has 0 aromatic heterocycles. The van der Waals surface area contributed by atoms with Crippen LogP contribution in [-0.4, -0.2) is 37.2 Å². The van der Waals surface area contributed by atoms with Gasteiger partial charge in [-0.3, -0.25) is 4.90 Å². The molecule has 1 fully saturated rings. The summed E-state index contributed by atoms with van der Waals surface area (Å²) in [6, 6.07) is 9.57. The van der Waals surface area contributed by atoms with Crippen LogP contribution in [0.2, 0.25) is 0 Å². The molecule has 112 valence electrons. The third-order valence-corrected chi connectivity index (χ3v) is 4.15. The van der Waals surface area contributed by atoms with Gasteiger partial charge in [0, 0.05) is 31.7 Å². The van der Waals surface area contributed by atoms with Crippen molar-refractivity contribution in [1.82, 2.24) is 10.2 Å². The Morgan fingerprint density at radius 2 is 1.90 bits per heavy atom. The third kappa shape index (κ3) is 3.74. The average molecular weight is 276 g/mol. The maximum absolute atomic E-state index is 5.23. The molecule has 0 saturated carbocycles. The summed E-state index contributed by atoms with van der Waals surface area (Å²) < 4.78 is 5.23. The van der Waals surface area contributed by atoms with Crippen molar-refractivity contribution >= 4 is 0 Å². The van der Waals surface area contributed by atoms with E-state index in [1.807, 2.05) is 12.1 Å². The van der Waals surface area contributed by atoms with Crippen LogP contribution in [0.25, 0.3) is 0 Å². The summed E-state index contributed by atoms with van der Waals surface area (Å²) in [6.07, 6.45) is 0. The second-order valence-electron chi connectivity index (χ2n) is 6.97. The molecule has 0 aliphatic carbocycles. The molecule has 0 bridgehead atoms. The number of hydrogen-bond acceptors (Lipinski definition) is 3. The van der Waals surface area contributed by atoms with Gasteiger partial charge in [0.1, 0.15) is 5.75 Å². The van der Waals surface area contributed by atoms with Gasteiger partial charge >= 0.3 is 0 Å². The lowest BCUT2D eigenvalue weighted by molar-refractivity contribution is 0.0526. The van der Waals surface area contributed by atoms with Gasteiger partial charge in [-0.25, -0.2) is 0 Å². The number of benzene rings is 1. The zero-order valence-corrected chi connectivity index (χ0v) is 13.4. The first kappa shape index (κ1) is 15.3. The van der Waals surface area contributed by atoms with Crippen molar-refractivity contribution in [3.8, 4) is 5.75 Å². The number of nitrogens with zero attached hydrogens (tertiary/aromatic N) is 1. The van der Waals surface area contributed by atoms with Crippen molar-refractivity contribution in [2.75, 3.05) is 20.2 Å². The van der Waals surface area contributed by atoms with Crippen molar-refractivity contribution in [1.29, 1.82) is 0 Å². The van der Waals surface area contributed by atoms with E-state index >= 15 is 0 Å². The molecule has 0 radical (unpaired) electrons. The molecule has 2 atom stereocenters. The number of hydrogen-bond donors (Lipinski definition) is 1. The van der Waals surface area contributed by atoms with E-state index in [9.17, 15) is 0 Å². The number of ether oxygens (including phenoxy) is 1. The van der Waals surface area contributed by atoms with Crippen LogP contribution in [0.15, 0.2) is 24.3 Å². The molecule has 2 rings (SSSR count). The molecule has 3 nitrogen and oxygen atoms in total. The topological polar surface area (TPSA) is 24.5 Å². The molecule has 0 spiro atoms. The van der Waals surface area contributed by atoms with Crippen molar-refractivity contribution in [2.24, 2.45) is 5.41 Å². The molecule has 1 aromatic carbocycles. The maximum atomic E-state index is 5.23. The maximum Gasteiger partial charge on any atom is 0.118 e. The van der Waals surface area contributed by atoms with Crippen LogP contribution in [0.4, 0.5) is 0 Å². The lowest BCUT2D eigenvalue weighted by atomic mass is 9.83. The molecule has 3 heteroatoms. The Bertz CT molecular complexity index is 422. The summed E-state index contributed by atoms with van der Waals surface area (Å²) in [5.74, 6) is 0.926. The fourth-order valence-corrected chi connectivity index (χ4v) is 2.98. The monoisotopic (exact) mass is 276 g/mol. The minimum absolute atomic E-state index is 0.291. The lowest BCUT2D eigenvalue weighted by Crippen LogP contribution is -2.59. The van der Waals surface area contributed by atoms with Gasteiger partial charge in [-0.15, -0.1) is 0 Å². The van der Waals surface area contributed by atoms with E-state index in [0.29, 0.717) is 17.5 Å². The van der Waals surface area contributed by atoms with Gasteiger partial charge < -0.3 is 10.1 Å². The van der Waals surface area contributed by atoms with Crippen molar-refractivity contribution in [3.05, 3.63) is 29.8 Å². The summed E-state index contributed by atoms with van der Waals surface area (Å²) in [5.41, 5.74) is 1.65. The minimum atomic E-state index is 0.291. The molecule has 1 aliphatic rings. The second kappa shape index (κ2) is 6.15. The average Bonchev–Trinajstić information content (AvgIpc) is 2.38. The van der Waals surface area contributed by atoms with E-state index in [2.05, 4.69) is 50.0 Å². The third-order valence-electron chi connectivity index (χ3n) is 4.15. The smallest absolute Gasteiger partial charge is 0.118 e. The predicted octanol–water partition coefficient (Wildman–Crippen LogP) is 2.90. The summed E-state index contributed by atoms with van der Waals surface area (Å²) in [4.78, 5) is 2.61. The fourth-order valence-electron chi connectivity index (χ4n) is 2.98. The summed E-state index contributed by atoms with van der Waals surface area (Å²) in [5, 5.41) is 3.61. The quantitative estimate of drug-likeness (QED) is 0.918. The fraction of sp³-hybridized carbons (Fsp3) is 0.647. The lowest BCUT2D eigenvalue weighted by Gasteiger charge is -2.46.